The normalized spacial score (nSPS) is 14.4. The topological polar surface area (TPSA) is 0 Å². The van der Waals surface area contributed by atoms with E-state index in [0.717, 1.165) is 4.47 Å². The van der Waals surface area contributed by atoms with E-state index in [1.54, 1.807) is 0 Å². The van der Waals surface area contributed by atoms with Crippen molar-refractivity contribution in [3.05, 3.63) is 130 Å². The summed E-state index contributed by atoms with van der Waals surface area (Å²) in [4.78, 5) is 0. The molecule has 0 heterocycles. The number of rotatable bonds is 0. The first-order valence-corrected chi connectivity index (χ1v) is 11.1. The first-order chi connectivity index (χ1) is 14.8. The summed E-state index contributed by atoms with van der Waals surface area (Å²) in [6.07, 6.45) is 0. The van der Waals surface area contributed by atoms with Gasteiger partial charge in [-0.1, -0.05) is 94.8 Å². The summed E-state index contributed by atoms with van der Waals surface area (Å²) < 4.78 is 1.12. The summed E-state index contributed by atoms with van der Waals surface area (Å²) in [5.41, 5.74) is 10.7. The molecule has 2 aliphatic carbocycles. The Morgan fingerprint density at radius 1 is 0.433 bits per heavy atom. The van der Waals surface area contributed by atoms with Crippen LogP contribution in [0.1, 0.15) is 22.3 Å². The number of hydrogen-bond donors (Lipinski definition) is 0. The minimum absolute atomic E-state index is 0.272. The highest BCUT2D eigenvalue weighted by molar-refractivity contribution is 9.10. The molecule has 0 N–H and O–H groups in total. The van der Waals surface area contributed by atoms with Crippen LogP contribution in [0.3, 0.4) is 0 Å². The van der Waals surface area contributed by atoms with Crippen molar-refractivity contribution < 1.29 is 0 Å². The van der Waals surface area contributed by atoms with E-state index >= 15 is 0 Å². The Labute approximate surface area is 184 Å². The van der Waals surface area contributed by atoms with Crippen LogP contribution in [0, 0.1) is 0 Å². The molecule has 0 radical (unpaired) electrons. The van der Waals surface area contributed by atoms with Gasteiger partial charge in [-0.15, -0.1) is 0 Å². The van der Waals surface area contributed by atoms with Gasteiger partial charge in [0.25, 0.3) is 0 Å². The van der Waals surface area contributed by atoms with Gasteiger partial charge in [0.15, 0.2) is 0 Å². The summed E-state index contributed by atoms with van der Waals surface area (Å²) in [6.45, 7) is 0. The van der Waals surface area contributed by atoms with Gasteiger partial charge in [-0.05, 0) is 79.5 Å². The van der Waals surface area contributed by atoms with Gasteiger partial charge >= 0.3 is 0 Å². The summed E-state index contributed by atoms with van der Waals surface area (Å²) in [5.74, 6) is 0. The van der Waals surface area contributed by atoms with Crippen molar-refractivity contribution in [2.45, 2.75) is 5.41 Å². The summed E-state index contributed by atoms with van der Waals surface area (Å²) in [6, 6.07) is 38.2. The van der Waals surface area contributed by atoms with E-state index in [0.29, 0.717) is 0 Å². The molecule has 0 aromatic heterocycles. The van der Waals surface area contributed by atoms with Crippen LogP contribution >= 0.6 is 15.9 Å². The lowest BCUT2D eigenvalue weighted by Crippen LogP contribution is -2.25. The molecule has 0 atom stereocenters. The third-order valence-corrected chi connectivity index (χ3v) is 7.41. The highest BCUT2D eigenvalue weighted by Gasteiger charge is 2.51. The standard InChI is InChI=1S/C29H17Br/c30-20-13-14-23-24-15-18-7-1-2-8-19(18)16-27(24)29(28(23)17-20)25-11-5-3-9-21(25)22-10-4-6-12-26(22)29/h1-17H. The molecule has 30 heavy (non-hydrogen) atoms. The third-order valence-electron chi connectivity index (χ3n) is 6.92. The molecule has 0 bridgehead atoms. The highest BCUT2D eigenvalue weighted by atomic mass is 79.9. The van der Waals surface area contributed by atoms with Gasteiger partial charge in [0, 0.05) is 4.47 Å². The van der Waals surface area contributed by atoms with Crippen molar-refractivity contribution in [2.75, 3.05) is 0 Å². The van der Waals surface area contributed by atoms with Gasteiger partial charge in [-0.25, -0.2) is 0 Å². The molecule has 0 aliphatic heterocycles. The summed E-state index contributed by atoms with van der Waals surface area (Å²) in [7, 11) is 0. The maximum atomic E-state index is 3.76. The molecule has 0 amide bonds. The predicted molar refractivity (Wildman–Crippen MR) is 128 cm³/mol. The third kappa shape index (κ3) is 1.87. The molecule has 0 unspecified atom stereocenters. The van der Waals surface area contributed by atoms with E-state index in [2.05, 4.69) is 119 Å². The SMILES string of the molecule is Brc1ccc2c(c1)C1(c3ccccc3-c3ccccc31)c1cc3ccccc3cc1-2. The zero-order chi connectivity index (χ0) is 19.9. The molecule has 0 nitrogen and oxygen atoms in total. The Morgan fingerprint density at radius 3 is 1.67 bits per heavy atom. The van der Waals surface area contributed by atoms with E-state index in [9.17, 15) is 0 Å². The second-order valence-corrected chi connectivity index (χ2v) is 9.19. The number of halogens is 1. The largest absolute Gasteiger partial charge is 0.0726 e. The number of hydrogen-bond acceptors (Lipinski definition) is 0. The second kappa shape index (κ2) is 5.71. The Balaban J connectivity index is 1.74. The molecule has 7 rings (SSSR count). The number of benzene rings is 5. The Kier molecular flexibility index (Phi) is 3.16. The fourth-order valence-electron chi connectivity index (χ4n) is 5.80. The molecular weight excluding hydrogens is 428 g/mol. The predicted octanol–water partition coefficient (Wildman–Crippen LogP) is 7.95. The highest BCUT2D eigenvalue weighted by Crippen LogP contribution is 2.63. The Morgan fingerprint density at radius 2 is 0.967 bits per heavy atom. The minimum Gasteiger partial charge on any atom is -0.0619 e. The van der Waals surface area contributed by atoms with E-state index in [-0.39, 0.29) is 5.41 Å². The zero-order valence-corrected chi connectivity index (χ0v) is 17.8. The fourth-order valence-corrected chi connectivity index (χ4v) is 6.16. The molecule has 0 saturated carbocycles. The molecule has 5 aromatic carbocycles. The van der Waals surface area contributed by atoms with Crippen LogP contribution in [0.15, 0.2) is 108 Å². The lowest BCUT2D eigenvalue weighted by molar-refractivity contribution is 0.794. The van der Waals surface area contributed by atoms with Crippen LogP contribution in [0.25, 0.3) is 33.0 Å². The van der Waals surface area contributed by atoms with Crippen molar-refractivity contribution in [3.8, 4) is 22.3 Å². The van der Waals surface area contributed by atoms with Crippen LogP contribution in [0.4, 0.5) is 0 Å². The maximum absolute atomic E-state index is 3.76. The quantitative estimate of drug-likeness (QED) is 0.222. The molecule has 2 aliphatic rings. The van der Waals surface area contributed by atoms with E-state index < -0.39 is 0 Å². The minimum atomic E-state index is -0.272. The van der Waals surface area contributed by atoms with Crippen molar-refractivity contribution in [3.63, 3.8) is 0 Å². The van der Waals surface area contributed by atoms with E-state index in [1.807, 2.05) is 0 Å². The average molecular weight is 445 g/mol. The van der Waals surface area contributed by atoms with Gasteiger partial charge in [-0.3, -0.25) is 0 Å². The van der Waals surface area contributed by atoms with Crippen LogP contribution < -0.4 is 0 Å². The van der Waals surface area contributed by atoms with E-state index in [1.165, 1.54) is 55.3 Å². The molecule has 0 saturated heterocycles. The molecule has 140 valence electrons. The molecular formula is C29H17Br. The first kappa shape index (κ1) is 16.6. The monoisotopic (exact) mass is 444 g/mol. The van der Waals surface area contributed by atoms with Crippen molar-refractivity contribution in [1.82, 2.24) is 0 Å². The zero-order valence-electron chi connectivity index (χ0n) is 16.2. The van der Waals surface area contributed by atoms with Gasteiger partial charge in [0.05, 0.1) is 5.41 Å². The second-order valence-electron chi connectivity index (χ2n) is 8.28. The van der Waals surface area contributed by atoms with E-state index in [4.69, 9.17) is 0 Å². The Hall–Kier alpha value is -3.16. The fraction of sp³-hybridized carbons (Fsp3) is 0.0345. The summed E-state index contributed by atoms with van der Waals surface area (Å²) >= 11 is 3.76. The molecule has 0 fully saturated rings. The molecule has 5 aromatic rings. The maximum Gasteiger partial charge on any atom is 0.0726 e. The smallest absolute Gasteiger partial charge is 0.0619 e. The summed E-state index contributed by atoms with van der Waals surface area (Å²) in [5, 5.41) is 2.59. The van der Waals surface area contributed by atoms with Gasteiger partial charge in [0.2, 0.25) is 0 Å². The van der Waals surface area contributed by atoms with Crippen LogP contribution in [0.2, 0.25) is 0 Å². The van der Waals surface area contributed by atoms with Crippen molar-refractivity contribution in [1.29, 1.82) is 0 Å². The lowest BCUT2D eigenvalue weighted by Gasteiger charge is -2.30. The van der Waals surface area contributed by atoms with Gasteiger partial charge in [-0.2, -0.15) is 0 Å². The lowest BCUT2D eigenvalue weighted by atomic mass is 9.70. The number of fused-ring (bicyclic) bond motifs is 11. The van der Waals surface area contributed by atoms with Crippen LogP contribution in [0.5, 0.6) is 0 Å². The first-order valence-electron chi connectivity index (χ1n) is 10.3. The van der Waals surface area contributed by atoms with Crippen LogP contribution in [-0.2, 0) is 5.41 Å². The van der Waals surface area contributed by atoms with Crippen molar-refractivity contribution >= 4 is 26.7 Å². The molecule has 1 spiro atoms. The average Bonchev–Trinajstić information content (AvgIpc) is 3.24. The Bertz CT molecular complexity index is 1460. The molecule has 1 heteroatoms. The van der Waals surface area contributed by atoms with Gasteiger partial charge < -0.3 is 0 Å². The van der Waals surface area contributed by atoms with Crippen molar-refractivity contribution in [2.24, 2.45) is 0 Å². The van der Waals surface area contributed by atoms with Crippen LogP contribution in [-0.4, -0.2) is 0 Å². The van der Waals surface area contributed by atoms with Gasteiger partial charge in [0.1, 0.15) is 0 Å².